The number of aromatic nitrogens is 1. The summed E-state index contributed by atoms with van der Waals surface area (Å²) in [5.74, 6) is 1.62. The molecule has 118 valence electrons. The molecule has 4 rings (SSSR count). The second-order valence-corrected chi connectivity index (χ2v) is 6.68. The van der Waals surface area contributed by atoms with Gasteiger partial charge in [0.1, 0.15) is 0 Å². The van der Waals surface area contributed by atoms with Gasteiger partial charge in [-0.05, 0) is 61.4 Å². The molecule has 23 heavy (non-hydrogen) atoms. The van der Waals surface area contributed by atoms with Crippen LogP contribution in [0.15, 0.2) is 42.6 Å². The number of hydrogen-bond acceptors (Lipinski definition) is 2. The first-order valence-electron chi connectivity index (χ1n) is 8.29. The third kappa shape index (κ3) is 2.93. The molecule has 0 spiro atoms. The number of likely N-dealkylation sites (tertiary alicyclic amines) is 1. The van der Waals surface area contributed by atoms with E-state index >= 15 is 0 Å². The van der Waals surface area contributed by atoms with Crippen LogP contribution >= 0.6 is 0 Å². The maximum atomic E-state index is 12.3. The van der Waals surface area contributed by atoms with E-state index in [1.165, 1.54) is 12.8 Å². The SMILES string of the molecule is Cc1ccc(NC(=O)N2CC(C3CC3)C2)cc1-c1ccccn1. The summed E-state index contributed by atoms with van der Waals surface area (Å²) in [4.78, 5) is 18.6. The number of benzene rings is 1. The standard InChI is InChI=1S/C19H21N3O/c1-13-5-8-16(10-17(13)18-4-2-3-9-20-18)21-19(23)22-11-15(12-22)14-6-7-14/h2-5,8-10,14-15H,6-7,11-12H2,1H3,(H,21,23). The zero-order chi connectivity index (χ0) is 15.8. The lowest BCUT2D eigenvalue weighted by Crippen LogP contribution is -2.52. The quantitative estimate of drug-likeness (QED) is 0.933. The fraction of sp³-hybridized carbons (Fsp3) is 0.368. The summed E-state index contributed by atoms with van der Waals surface area (Å²) in [5, 5.41) is 3.02. The van der Waals surface area contributed by atoms with Crippen LogP contribution in [0, 0.1) is 18.8 Å². The van der Waals surface area contributed by atoms with E-state index in [0.717, 1.165) is 47.4 Å². The van der Waals surface area contributed by atoms with Crippen LogP contribution < -0.4 is 5.32 Å². The van der Waals surface area contributed by atoms with Gasteiger partial charge in [0.25, 0.3) is 0 Å². The first-order chi connectivity index (χ1) is 11.2. The lowest BCUT2D eigenvalue weighted by molar-refractivity contribution is 0.118. The van der Waals surface area contributed by atoms with Gasteiger partial charge in [-0.3, -0.25) is 4.98 Å². The Morgan fingerprint density at radius 3 is 2.70 bits per heavy atom. The van der Waals surface area contributed by atoms with Gasteiger partial charge in [-0.2, -0.15) is 0 Å². The van der Waals surface area contributed by atoms with E-state index in [9.17, 15) is 4.79 Å². The topological polar surface area (TPSA) is 45.2 Å². The van der Waals surface area contributed by atoms with Crippen LogP contribution in [0.4, 0.5) is 10.5 Å². The molecule has 1 aliphatic heterocycles. The molecule has 2 fully saturated rings. The van der Waals surface area contributed by atoms with Crippen LogP contribution in [-0.2, 0) is 0 Å². The molecule has 0 atom stereocenters. The first kappa shape index (κ1) is 14.2. The van der Waals surface area contributed by atoms with Crippen LogP contribution in [0.3, 0.4) is 0 Å². The van der Waals surface area contributed by atoms with Crippen molar-refractivity contribution in [2.45, 2.75) is 19.8 Å². The Bertz CT molecular complexity index is 719. The number of carbonyl (C=O) groups excluding carboxylic acids is 1. The van der Waals surface area contributed by atoms with Gasteiger partial charge in [-0.25, -0.2) is 4.79 Å². The Kier molecular flexibility index (Phi) is 3.52. The van der Waals surface area contributed by atoms with Crippen molar-refractivity contribution < 1.29 is 4.79 Å². The number of nitrogens with zero attached hydrogens (tertiary/aromatic N) is 2. The van der Waals surface area contributed by atoms with Crippen LogP contribution in [-0.4, -0.2) is 29.0 Å². The smallest absolute Gasteiger partial charge is 0.321 e. The summed E-state index contributed by atoms with van der Waals surface area (Å²) in [7, 11) is 0. The molecule has 1 saturated carbocycles. The van der Waals surface area contributed by atoms with Gasteiger partial charge in [-0.15, -0.1) is 0 Å². The van der Waals surface area contributed by atoms with Crippen molar-refractivity contribution in [2.24, 2.45) is 11.8 Å². The van der Waals surface area contributed by atoms with E-state index < -0.39 is 0 Å². The van der Waals surface area contributed by atoms with Gasteiger partial charge in [-0.1, -0.05) is 12.1 Å². The number of hydrogen-bond donors (Lipinski definition) is 1. The van der Waals surface area contributed by atoms with Crippen LogP contribution in [0.2, 0.25) is 0 Å². The van der Waals surface area contributed by atoms with E-state index in [1.54, 1.807) is 6.20 Å². The number of aryl methyl sites for hydroxylation is 1. The maximum Gasteiger partial charge on any atom is 0.321 e. The van der Waals surface area contributed by atoms with Gasteiger partial charge in [0.05, 0.1) is 5.69 Å². The van der Waals surface area contributed by atoms with E-state index in [2.05, 4.69) is 17.2 Å². The summed E-state index contributed by atoms with van der Waals surface area (Å²) < 4.78 is 0. The maximum absolute atomic E-state index is 12.3. The Hall–Kier alpha value is -2.36. The van der Waals surface area contributed by atoms with Crippen molar-refractivity contribution >= 4 is 11.7 Å². The molecule has 2 aromatic rings. The normalized spacial score (nSPS) is 17.7. The van der Waals surface area contributed by atoms with Gasteiger partial charge >= 0.3 is 6.03 Å². The number of pyridine rings is 1. The Morgan fingerprint density at radius 2 is 2.00 bits per heavy atom. The molecular weight excluding hydrogens is 286 g/mol. The monoisotopic (exact) mass is 307 g/mol. The van der Waals surface area contributed by atoms with Crippen LogP contribution in [0.25, 0.3) is 11.3 Å². The predicted octanol–water partition coefficient (Wildman–Crippen LogP) is 3.93. The number of rotatable bonds is 3. The molecule has 2 aliphatic rings. The number of carbonyl (C=O) groups is 1. The molecule has 1 N–H and O–H groups in total. The van der Waals surface area contributed by atoms with Crippen molar-refractivity contribution in [1.29, 1.82) is 0 Å². The van der Waals surface area contributed by atoms with Crippen LogP contribution in [0.1, 0.15) is 18.4 Å². The fourth-order valence-electron chi connectivity index (χ4n) is 3.24. The van der Waals surface area contributed by atoms with E-state index in [4.69, 9.17) is 0 Å². The van der Waals surface area contributed by atoms with Crippen LogP contribution in [0.5, 0.6) is 0 Å². The molecule has 1 aromatic carbocycles. The lowest BCUT2D eigenvalue weighted by Gasteiger charge is -2.39. The highest BCUT2D eigenvalue weighted by atomic mass is 16.2. The Balaban J connectivity index is 1.46. The zero-order valence-electron chi connectivity index (χ0n) is 13.3. The number of anilines is 1. The summed E-state index contributed by atoms with van der Waals surface area (Å²) >= 11 is 0. The molecule has 2 heterocycles. The average molecular weight is 307 g/mol. The summed E-state index contributed by atoms with van der Waals surface area (Å²) in [5.41, 5.74) is 3.97. The molecule has 0 radical (unpaired) electrons. The summed E-state index contributed by atoms with van der Waals surface area (Å²) in [6.45, 7) is 3.89. The van der Waals surface area contributed by atoms with Crippen molar-refractivity contribution in [3.63, 3.8) is 0 Å². The Labute approximate surface area is 136 Å². The van der Waals surface area contributed by atoms with Crippen molar-refractivity contribution in [3.8, 4) is 11.3 Å². The third-order valence-electron chi connectivity index (χ3n) is 4.92. The minimum Gasteiger partial charge on any atom is -0.324 e. The number of amides is 2. The van der Waals surface area contributed by atoms with E-state index in [0.29, 0.717) is 0 Å². The second kappa shape index (κ2) is 5.69. The highest BCUT2D eigenvalue weighted by molar-refractivity contribution is 5.90. The molecule has 4 heteroatoms. The second-order valence-electron chi connectivity index (χ2n) is 6.68. The summed E-state index contributed by atoms with van der Waals surface area (Å²) in [6.07, 6.45) is 4.50. The lowest BCUT2D eigenvalue weighted by atomic mass is 9.95. The van der Waals surface area contributed by atoms with Crippen molar-refractivity contribution in [2.75, 3.05) is 18.4 Å². The summed E-state index contributed by atoms with van der Waals surface area (Å²) in [6, 6.07) is 11.9. The zero-order valence-corrected chi connectivity index (χ0v) is 13.3. The molecule has 1 aliphatic carbocycles. The molecule has 0 unspecified atom stereocenters. The third-order valence-corrected chi connectivity index (χ3v) is 4.92. The van der Waals surface area contributed by atoms with Gasteiger partial charge in [0.2, 0.25) is 0 Å². The minimum atomic E-state index is 0.0118. The van der Waals surface area contributed by atoms with E-state index in [1.807, 2.05) is 41.3 Å². The van der Waals surface area contributed by atoms with Gasteiger partial charge in [0.15, 0.2) is 0 Å². The molecular formula is C19H21N3O. The van der Waals surface area contributed by atoms with Gasteiger partial charge in [0, 0.05) is 30.5 Å². The minimum absolute atomic E-state index is 0.0118. The van der Waals surface area contributed by atoms with E-state index in [-0.39, 0.29) is 6.03 Å². The predicted molar refractivity (Wildman–Crippen MR) is 91.2 cm³/mol. The highest BCUT2D eigenvalue weighted by Crippen LogP contribution is 2.41. The average Bonchev–Trinajstić information content (AvgIpc) is 3.33. The molecule has 2 amide bonds. The molecule has 1 aromatic heterocycles. The first-order valence-corrected chi connectivity index (χ1v) is 8.29. The largest absolute Gasteiger partial charge is 0.324 e. The number of nitrogens with one attached hydrogen (secondary N) is 1. The molecule has 1 saturated heterocycles. The van der Waals surface area contributed by atoms with Crippen molar-refractivity contribution in [3.05, 3.63) is 48.2 Å². The number of urea groups is 1. The fourth-order valence-corrected chi connectivity index (χ4v) is 3.24. The molecule has 0 bridgehead atoms. The van der Waals surface area contributed by atoms with Crippen molar-refractivity contribution in [1.82, 2.24) is 9.88 Å². The Morgan fingerprint density at radius 1 is 1.17 bits per heavy atom. The molecule has 4 nitrogen and oxygen atoms in total. The highest BCUT2D eigenvalue weighted by Gasteiger charge is 2.40. The van der Waals surface area contributed by atoms with Gasteiger partial charge < -0.3 is 10.2 Å².